The average Bonchev–Trinajstić information content (AvgIpc) is 2.90. The molecule has 2 aromatic carbocycles. The van der Waals surface area contributed by atoms with Gasteiger partial charge in [-0.15, -0.1) is 0 Å². The standard InChI is InChI=1S/C27H26N4O5/c28-25(32)24(18-13-29-16-30-14-18)31-11-9-17(10-12-31)23(15-31)36-26(33)27(34)19-5-1-3-7-21(19)35-22-8-4-2-6-20(22)27/h1-8,13-14,16-17,23-24,34H,9-12,15H2,(H-,28,32)/p+1/t17?,23-,24?,31?/m0/s1. The molecule has 184 valence electrons. The van der Waals surface area contributed by atoms with E-state index in [1.54, 1.807) is 60.9 Å². The lowest BCUT2D eigenvalue weighted by atomic mass is 9.80. The first-order chi connectivity index (χ1) is 17.4. The largest absolute Gasteiger partial charge is 0.457 e. The van der Waals surface area contributed by atoms with Gasteiger partial charge in [0.15, 0.2) is 12.1 Å². The quantitative estimate of drug-likeness (QED) is 0.418. The molecule has 1 unspecified atom stereocenters. The lowest BCUT2D eigenvalue weighted by molar-refractivity contribution is -0.965. The number of benzene rings is 2. The number of ether oxygens (including phenoxy) is 2. The highest BCUT2D eigenvalue weighted by atomic mass is 16.6. The Morgan fingerprint density at radius 2 is 1.61 bits per heavy atom. The Bertz CT molecular complexity index is 1280. The van der Waals surface area contributed by atoms with Crippen LogP contribution in [0.2, 0.25) is 0 Å². The molecule has 3 saturated heterocycles. The maximum atomic E-state index is 13.8. The van der Waals surface area contributed by atoms with Gasteiger partial charge < -0.3 is 24.8 Å². The van der Waals surface area contributed by atoms with E-state index >= 15 is 0 Å². The van der Waals surface area contributed by atoms with Crippen LogP contribution in [0.3, 0.4) is 0 Å². The minimum absolute atomic E-state index is 0.142. The number of fused-ring (bicyclic) bond motifs is 5. The predicted octanol–water partition coefficient (Wildman–Crippen LogP) is 2.20. The Morgan fingerprint density at radius 1 is 1.03 bits per heavy atom. The Balaban J connectivity index is 1.34. The molecule has 3 aromatic rings. The molecule has 36 heavy (non-hydrogen) atoms. The second-order valence-corrected chi connectivity index (χ2v) is 9.91. The van der Waals surface area contributed by atoms with E-state index in [0.717, 1.165) is 25.9 Å². The van der Waals surface area contributed by atoms with Gasteiger partial charge in [-0.25, -0.2) is 14.8 Å². The van der Waals surface area contributed by atoms with Crippen LogP contribution in [0.15, 0.2) is 67.3 Å². The predicted molar refractivity (Wildman–Crippen MR) is 127 cm³/mol. The van der Waals surface area contributed by atoms with Crippen LogP contribution in [0, 0.1) is 5.92 Å². The van der Waals surface area contributed by atoms with E-state index in [1.165, 1.54) is 6.33 Å². The molecule has 0 spiro atoms. The summed E-state index contributed by atoms with van der Waals surface area (Å²) in [6.45, 7) is 1.91. The van der Waals surface area contributed by atoms with Gasteiger partial charge in [-0.1, -0.05) is 36.4 Å². The summed E-state index contributed by atoms with van der Waals surface area (Å²) in [7, 11) is 0. The normalized spacial score (nSPS) is 26.1. The summed E-state index contributed by atoms with van der Waals surface area (Å²) in [6.07, 6.45) is 5.75. The zero-order valence-corrected chi connectivity index (χ0v) is 19.6. The van der Waals surface area contributed by atoms with Gasteiger partial charge in [0.1, 0.15) is 24.4 Å². The van der Waals surface area contributed by atoms with E-state index < -0.39 is 29.6 Å². The van der Waals surface area contributed by atoms with Crippen molar-refractivity contribution in [2.45, 2.75) is 30.6 Å². The highest BCUT2D eigenvalue weighted by molar-refractivity contribution is 5.88. The van der Waals surface area contributed by atoms with Crippen LogP contribution in [0.1, 0.15) is 35.6 Å². The molecule has 4 aliphatic rings. The first-order valence-electron chi connectivity index (χ1n) is 12.1. The van der Waals surface area contributed by atoms with Crippen LogP contribution < -0.4 is 10.5 Å². The van der Waals surface area contributed by atoms with Crippen LogP contribution in [-0.2, 0) is 19.9 Å². The summed E-state index contributed by atoms with van der Waals surface area (Å²) in [5, 5.41) is 11.9. The highest BCUT2D eigenvalue weighted by Gasteiger charge is 2.56. The van der Waals surface area contributed by atoms with Crippen LogP contribution in [0.4, 0.5) is 0 Å². The fraction of sp³-hybridized carbons (Fsp3) is 0.333. The number of hydrogen-bond donors (Lipinski definition) is 2. The van der Waals surface area contributed by atoms with E-state index in [4.69, 9.17) is 15.2 Å². The first-order valence-corrected chi connectivity index (χ1v) is 12.1. The summed E-state index contributed by atoms with van der Waals surface area (Å²) in [5.74, 6) is -0.247. The van der Waals surface area contributed by atoms with Crippen LogP contribution in [-0.4, -0.2) is 57.2 Å². The number of carbonyl (C=O) groups excluding carboxylic acids is 2. The van der Waals surface area contributed by atoms with Gasteiger partial charge in [0, 0.05) is 42.3 Å². The maximum absolute atomic E-state index is 13.8. The lowest BCUT2D eigenvalue weighted by Crippen LogP contribution is -2.67. The molecule has 0 radical (unpaired) electrons. The third kappa shape index (κ3) is 3.38. The Morgan fingerprint density at radius 3 is 2.19 bits per heavy atom. The van der Waals surface area contributed by atoms with Crippen LogP contribution in [0.25, 0.3) is 0 Å². The van der Waals surface area contributed by atoms with Crippen molar-refractivity contribution in [2.75, 3.05) is 19.6 Å². The molecule has 9 heteroatoms. The zero-order valence-electron chi connectivity index (χ0n) is 19.6. The molecule has 1 amide bonds. The molecule has 0 saturated carbocycles. The minimum atomic E-state index is -2.02. The first kappa shape index (κ1) is 22.6. The van der Waals surface area contributed by atoms with Crippen molar-refractivity contribution < 1.29 is 28.7 Å². The van der Waals surface area contributed by atoms with Gasteiger partial charge in [-0.05, 0) is 12.1 Å². The molecule has 0 aliphatic carbocycles. The fourth-order valence-corrected chi connectivity index (χ4v) is 6.28. The summed E-state index contributed by atoms with van der Waals surface area (Å²) < 4.78 is 12.5. The SMILES string of the molecule is NC(=O)C(c1cncnc1)[N+]12CCC(CC1)[C@@H](OC(=O)C1(O)c3ccccc3Oc3ccccc31)C2. The van der Waals surface area contributed by atoms with Gasteiger partial charge in [0.2, 0.25) is 5.60 Å². The number of primary amides is 1. The van der Waals surface area contributed by atoms with Crippen molar-refractivity contribution in [3.8, 4) is 11.5 Å². The second kappa shape index (κ2) is 8.39. The number of aromatic nitrogens is 2. The van der Waals surface area contributed by atoms with E-state index in [1.807, 2.05) is 0 Å². The number of carbonyl (C=O) groups is 2. The highest BCUT2D eigenvalue weighted by Crippen LogP contribution is 2.48. The second-order valence-electron chi connectivity index (χ2n) is 9.91. The van der Waals surface area contributed by atoms with Gasteiger partial charge in [-0.3, -0.25) is 4.79 Å². The summed E-state index contributed by atoms with van der Waals surface area (Å²) in [5.41, 5.74) is 5.22. The molecule has 3 fully saturated rings. The number of amides is 1. The number of para-hydroxylation sites is 2. The fourth-order valence-electron chi connectivity index (χ4n) is 6.28. The third-order valence-electron chi connectivity index (χ3n) is 8.00. The van der Waals surface area contributed by atoms with Crippen molar-refractivity contribution in [1.82, 2.24) is 9.97 Å². The third-order valence-corrected chi connectivity index (χ3v) is 8.00. The van der Waals surface area contributed by atoms with Gasteiger partial charge in [0.05, 0.1) is 18.7 Å². The van der Waals surface area contributed by atoms with Crippen LogP contribution in [0.5, 0.6) is 11.5 Å². The molecule has 4 aliphatic heterocycles. The number of nitrogens with two attached hydrogens (primary N) is 1. The number of quaternary nitrogens is 1. The maximum Gasteiger partial charge on any atom is 0.348 e. The number of rotatable bonds is 5. The van der Waals surface area contributed by atoms with Gasteiger partial charge in [-0.2, -0.15) is 0 Å². The zero-order chi connectivity index (χ0) is 24.9. The van der Waals surface area contributed by atoms with E-state index in [-0.39, 0.29) is 5.92 Å². The smallest absolute Gasteiger partial charge is 0.348 e. The minimum Gasteiger partial charge on any atom is -0.457 e. The van der Waals surface area contributed by atoms with Crippen molar-refractivity contribution in [1.29, 1.82) is 0 Å². The molecule has 5 heterocycles. The van der Waals surface area contributed by atoms with Gasteiger partial charge >= 0.3 is 5.97 Å². The lowest BCUT2D eigenvalue weighted by Gasteiger charge is -2.54. The molecule has 2 bridgehead atoms. The Kier molecular flexibility index (Phi) is 5.27. The Labute approximate surface area is 208 Å². The van der Waals surface area contributed by atoms with E-state index in [2.05, 4.69) is 9.97 Å². The summed E-state index contributed by atoms with van der Waals surface area (Å²) in [6, 6.07) is 13.2. The summed E-state index contributed by atoms with van der Waals surface area (Å²) >= 11 is 0. The topological polar surface area (TPSA) is 125 Å². The molecule has 1 aromatic heterocycles. The Hall–Kier alpha value is -3.82. The number of piperidine rings is 3. The molecule has 7 rings (SSSR count). The van der Waals surface area contributed by atoms with E-state index in [0.29, 0.717) is 39.2 Å². The van der Waals surface area contributed by atoms with Crippen molar-refractivity contribution >= 4 is 11.9 Å². The molecular formula is C27H27N4O5+. The average molecular weight is 488 g/mol. The molecule has 9 nitrogen and oxygen atoms in total. The van der Waals surface area contributed by atoms with Gasteiger partial charge in [0.25, 0.3) is 5.91 Å². The number of nitrogens with zero attached hydrogens (tertiary/aromatic N) is 3. The van der Waals surface area contributed by atoms with Crippen LogP contribution >= 0.6 is 0 Å². The van der Waals surface area contributed by atoms with E-state index in [9.17, 15) is 14.7 Å². The van der Waals surface area contributed by atoms with Crippen molar-refractivity contribution in [2.24, 2.45) is 11.7 Å². The van der Waals surface area contributed by atoms with Crippen molar-refractivity contribution in [3.63, 3.8) is 0 Å². The molecule has 3 N–H and O–H groups in total. The molecule has 2 atom stereocenters. The van der Waals surface area contributed by atoms with Crippen molar-refractivity contribution in [3.05, 3.63) is 83.9 Å². The number of aliphatic hydroxyl groups is 1. The summed E-state index contributed by atoms with van der Waals surface area (Å²) in [4.78, 5) is 34.7. The number of hydrogen-bond acceptors (Lipinski definition) is 7. The monoisotopic (exact) mass is 487 g/mol. The number of esters is 1. The molecular weight excluding hydrogens is 460 g/mol.